The number of carbonyl (C=O) groups excluding carboxylic acids is 1. The lowest BCUT2D eigenvalue weighted by Gasteiger charge is -2.64. The molecule has 1 spiro atoms. The summed E-state index contributed by atoms with van der Waals surface area (Å²) in [6.45, 7) is -0.907. The molecule has 13 fully saturated rings. The van der Waals surface area contributed by atoms with Crippen LogP contribution in [0.1, 0.15) is 71.6 Å². The first-order valence-electron chi connectivity index (χ1n) is 41.0. The van der Waals surface area contributed by atoms with Crippen LogP contribution in [0.5, 0.6) is 0 Å². The van der Waals surface area contributed by atoms with Gasteiger partial charge >= 0.3 is 5.97 Å². The Labute approximate surface area is 695 Å². The van der Waals surface area contributed by atoms with Crippen molar-refractivity contribution >= 4 is 5.97 Å². The summed E-state index contributed by atoms with van der Waals surface area (Å²) in [5, 5.41) is 319. The molecule has 51 atom stereocenters. The summed E-state index contributed by atoms with van der Waals surface area (Å²) in [7, 11) is 0. The van der Waals surface area contributed by atoms with E-state index in [2.05, 4.69) is 6.58 Å². The van der Waals surface area contributed by atoms with Gasteiger partial charge in [0.15, 0.2) is 56.4 Å². The Bertz CT molecular complexity index is 3390. The minimum Gasteiger partial charge on any atom is -0.432 e. The molecule has 48 heteroatoms. The summed E-state index contributed by atoms with van der Waals surface area (Å²) in [6, 6.07) is 0. The number of hydrogen-bond acceptors (Lipinski definition) is 48. The van der Waals surface area contributed by atoms with E-state index in [0.29, 0.717) is 24.8 Å². The van der Waals surface area contributed by atoms with Gasteiger partial charge in [0, 0.05) is 0 Å². The lowest BCUT2D eigenvalue weighted by Crippen LogP contribution is -2.69. The molecule has 29 N–H and O–H groups in total. The molecule has 122 heavy (non-hydrogen) atoms. The molecule has 13 rings (SSSR count). The maximum Gasteiger partial charge on any atom is 0.314 e. The summed E-state index contributed by atoms with van der Waals surface area (Å²) in [5.41, 5.74) is -4.29. The average Bonchev–Trinajstić information content (AvgIpc) is 1.47. The lowest BCUT2D eigenvalue weighted by atomic mass is 9.41. The lowest BCUT2D eigenvalue weighted by molar-refractivity contribution is -0.408. The van der Waals surface area contributed by atoms with Crippen LogP contribution in [0, 0.1) is 28.1 Å². The van der Waals surface area contributed by atoms with Gasteiger partial charge in [-0.05, 0) is 86.5 Å². The minimum atomic E-state index is -2.32. The smallest absolute Gasteiger partial charge is 0.314 e. The highest BCUT2D eigenvalue weighted by Crippen LogP contribution is 2.74. The van der Waals surface area contributed by atoms with E-state index in [1.54, 1.807) is 6.92 Å². The van der Waals surface area contributed by atoms with Crippen LogP contribution in [-0.4, -0.2) is 495 Å². The number of rotatable bonds is 27. The van der Waals surface area contributed by atoms with Crippen LogP contribution in [0.15, 0.2) is 12.2 Å². The maximum atomic E-state index is 15.7. The van der Waals surface area contributed by atoms with Gasteiger partial charge in [0.05, 0.1) is 70.5 Å². The Kier molecular flexibility index (Phi) is 31.0. The molecule has 13 aliphatic rings. The van der Waals surface area contributed by atoms with E-state index < -0.39 is 370 Å². The third-order valence-corrected chi connectivity index (χ3v) is 27.6. The van der Waals surface area contributed by atoms with Gasteiger partial charge in [-0.15, -0.1) is 0 Å². The topological polar surface area (TPSA) is 770 Å². The first kappa shape index (κ1) is 96.9. The van der Waals surface area contributed by atoms with Gasteiger partial charge in [0.2, 0.25) is 6.29 Å². The predicted molar refractivity (Wildman–Crippen MR) is 382 cm³/mol. The van der Waals surface area contributed by atoms with Gasteiger partial charge < -0.3 is 233 Å². The molecule has 0 aromatic carbocycles. The predicted octanol–water partition coefficient (Wildman–Crippen LogP) is -16.0. The second kappa shape index (κ2) is 39.0. The first-order chi connectivity index (χ1) is 57.8. The largest absolute Gasteiger partial charge is 0.432 e. The van der Waals surface area contributed by atoms with E-state index in [1.165, 1.54) is 0 Å². The molecule has 48 nitrogen and oxygen atoms in total. The molecule has 4 saturated carbocycles. The van der Waals surface area contributed by atoms with Crippen molar-refractivity contribution in [3.05, 3.63) is 12.2 Å². The maximum absolute atomic E-state index is 15.7. The summed E-state index contributed by atoms with van der Waals surface area (Å²) in [4.78, 5) is 15.7. The first-order valence-corrected chi connectivity index (χ1v) is 41.0. The fourth-order valence-corrected chi connectivity index (χ4v) is 20.8. The molecule has 0 aromatic rings. The third-order valence-electron chi connectivity index (χ3n) is 27.6. The fraction of sp³-hybridized carbons (Fsp3) is 0.959. The van der Waals surface area contributed by atoms with Crippen LogP contribution in [0.2, 0.25) is 0 Å². The SMILES string of the molecule is C=C1C[C@@]23CC[C@H]4[C@@](C)(CCC[C@@]4(C)C(=O)OC4OC(CO)C(O)C(OC5OC(CO)C(O)C(O)C5O)C4OC4OC(CO)C(O)C(O)C4O)[C@@H]2CCC1(OC1OC(COC2OC(CO)C(O)C(OC4OC(CO)C(O)C(O)C4O)C2OC2OC(CO)C(O)C(O)C2O)C(O)C(OC2OC(CO)C(O)C(O)C2O)C1OC1OC(CO)C(O)C(O)C1O)C3. The Hall–Kier alpha value is -2.63. The van der Waals surface area contributed by atoms with Gasteiger partial charge in [-0.3, -0.25) is 4.79 Å². The van der Waals surface area contributed by atoms with Crippen LogP contribution in [0.4, 0.5) is 0 Å². The van der Waals surface area contributed by atoms with Crippen molar-refractivity contribution in [3.63, 3.8) is 0 Å². The van der Waals surface area contributed by atoms with Crippen LogP contribution in [0.3, 0.4) is 0 Å². The molecule has 0 aromatic heterocycles. The van der Waals surface area contributed by atoms with Crippen LogP contribution >= 0.6 is 0 Å². The molecular formula is C74H120O48. The summed E-state index contributed by atoms with van der Waals surface area (Å²) in [6.07, 6.45) is -89.5. The Morgan fingerprint density at radius 2 is 0.615 bits per heavy atom. The number of aliphatic hydroxyl groups excluding tert-OH is 29. The van der Waals surface area contributed by atoms with E-state index in [0.717, 1.165) is 0 Å². The summed E-state index contributed by atoms with van der Waals surface area (Å²) in [5.74, 6) is -1.89. The number of carbonyl (C=O) groups is 1. The second-order valence-corrected chi connectivity index (χ2v) is 34.9. The zero-order valence-electron chi connectivity index (χ0n) is 66.3. The van der Waals surface area contributed by atoms with E-state index in [4.69, 9.17) is 85.3 Å². The molecule has 0 radical (unpaired) electrons. The number of hydrogen-bond donors (Lipinski definition) is 29. The molecule has 9 aliphatic heterocycles. The number of ether oxygens (including phenoxy) is 18. The van der Waals surface area contributed by atoms with E-state index in [9.17, 15) is 148 Å². The van der Waals surface area contributed by atoms with Gasteiger partial charge in [0.25, 0.3) is 0 Å². The standard InChI is InChI=1S/C74H120O48/c1-22-11-73-9-5-32-71(2,7-4-8-72(32,3)70(104)121-68-59(119-65-53(102)47(96)38(87)27(16-79)110-65)56(41(90)30(19-82)113-68)116-62-50(99)44(93)35(84)24(13-76)107-62)33(73)6-10-74(22,21-73)122-69-60(120-66-54(103)48(97)39(88)28(17-80)111-66)57(117-63-51(100)45(94)36(85)25(14-77)108-63)42(91)31(114-69)20-105-67-58(118-64-52(101)46(95)37(86)26(15-78)109-64)55(40(89)29(18-81)112-67)115-61-49(98)43(92)34(83)23(12-75)106-61/h23-69,75-103H,1,4-21H2,2-3H3/t23?,24?,25?,26?,27?,28?,29?,30?,31?,32-,33-,34?,35?,36?,37?,38?,39?,40?,41?,42?,43?,44?,45?,46?,47?,48?,49?,50?,51?,52?,53?,54?,55?,56?,57?,58?,59?,60?,61?,62?,63?,64?,65?,66?,67?,68?,69?,71+,72+,73+,74?/m0/s1. The van der Waals surface area contributed by atoms with Crippen LogP contribution in [-0.2, 0) is 90.1 Å². The van der Waals surface area contributed by atoms with Crippen LogP contribution in [0.25, 0.3) is 0 Å². The molecule has 46 unspecified atom stereocenters. The van der Waals surface area contributed by atoms with Gasteiger partial charge in [-0.1, -0.05) is 19.9 Å². The highest BCUT2D eigenvalue weighted by Gasteiger charge is 2.71. The van der Waals surface area contributed by atoms with Gasteiger partial charge in [-0.25, -0.2) is 0 Å². The Morgan fingerprint density at radius 1 is 0.328 bits per heavy atom. The van der Waals surface area contributed by atoms with Crippen molar-refractivity contribution in [1.29, 1.82) is 0 Å². The molecule has 2 bridgehead atoms. The third kappa shape index (κ3) is 17.9. The van der Waals surface area contributed by atoms with Crippen molar-refractivity contribution in [2.45, 2.75) is 354 Å². The van der Waals surface area contributed by atoms with Crippen LogP contribution < -0.4 is 0 Å². The average molecular weight is 1780 g/mol. The molecule has 9 saturated heterocycles. The summed E-state index contributed by atoms with van der Waals surface area (Å²) < 4.78 is 111. The molecule has 4 aliphatic carbocycles. The fourth-order valence-electron chi connectivity index (χ4n) is 20.8. The molecular weight excluding hydrogens is 1660 g/mol. The Morgan fingerprint density at radius 3 is 0.967 bits per heavy atom. The molecule has 0 amide bonds. The minimum absolute atomic E-state index is 0.0253. The number of aliphatic hydroxyl groups is 29. The zero-order valence-corrected chi connectivity index (χ0v) is 66.3. The highest BCUT2D eigenvalue weighted by molar-refractivity contribution is 5.77. The number of fused-ring (bicyclic) bond motifs is 3. The second-order valence-electron chi connectivity index (χ2n) is 34.9. The van der Waals surface area contributed by atoms with E-state index >= 15 is 4.79 Å². The van der Waals surface area contributed by atoms with E-state index in [-0.39, 0.29) is 44.4 Å². The monoisotopic (exact) mass is 1780 g/mol. The highest BCUT2D eigenvalue weighted by atomic mass is 16.8. The zero-order chi connectivity index (χ0) is 88.7. The van der Waals surface area contributed by atoms with Gasteiger partial charge in [0.1, 0.15) is 214 Å². The van der Waals surface area contributed by atoms with Crippen molar-refractivity contribution in [2.24, 2.45) is 28.1 Å². The van der Waals surface area contributed by atoms with Crippen molar-refractivity contribution in [2.75, 3.05) is 59.5 Å². The Balaban J connectivity index is 0.826. The van der Waals surface area contributed by atoms with Gasteiger partial charge in [-0.2, -0.15) is 0 Å². The molecule has 704 valence electrons. The number of esters is 1. The quantitative estimate of drug-likeness (QED) is 0.0206. The molecule has 9 heterocycles. The summed E-state index contributed by atoms with van der Waals surface area (Å²) >= 11 is 0. The normalized spacial score (nSPS) is 54.4. The van der Waals surface area contributed by atoms with Crippen molar-refractivity contribution in [3.8, 4) is 0 Å². The van der Waals surface area contributed by atoms with Crippen molar-refractivity contribution in [1.82, 2.24) is 0 Å². The van der Waals surface area contributed by atoms with Crippen molar-refractivity contribution < 1.29 is 238 Å². The van der Waals surface area contributed by atoms with E-state index in [1.807, 2.05) is 6.92 Å².